The van der Waals surface area contributed by atoms with E-state index in [9.17, 15) is 9.90 Å². The molecule has 4 nitrogen and oxygen atoms in total. The maximum absolute atomic E-state index is 11.7. The molecule has 0 radical (unpaired) electrons. The fourth-order valence-corrected chi connectivity index (χ4v) is 4.90. The Kier molecular flexibility index (Phi) is 5.93. The fraction of sp³-hybridized carbons (Fsp3) is 0.241. The molecule has 0 spiro atoms. The fourth-order valence-electron chi connectivity index (χ4n) is 4.90. The largest absolute Gasteiger partial charge is 0.478 e. The van der Waals surface area contributed by atoms with Gasteiger partial charge in [0.2, 0.25) is 0 Å². The Morgan fingerprint density at radius 1 is 0.970 bits per heavy atom. The van der Waals surface area contributed by atoms with Gasteiger partial charge in [-0.05, 0) is 83.3 Å². The van der Waals surface area contributed by atoms with Crippen molar-refractivity contribution in [2.24, 2.45) is 0 Å². The van der Waals surface area contributed by atoms with E-state index < -0.39 is 5.97 Å². The number of carbonyl (C=O) groups is 1. The summed E-state index contributed by atoms with van der Waals surface area (Å²) in [5.74, 6) is -0.880. The van der Waals surface area contributed by atoms with Crippen LogP contribution < -0.4 is 5.32 Å². The molecule has 4 heteroatoms. The van der Waals surface area contributed by atoms with E-state index in [1.807, 2.05) is 25.1 Å². The van der Waals surface area contributed by atoms with Gasteiger partial charge in [-0.2, -0.15) is 0 Å². The van der Waals surface area contributed by atoms with Gasteiger partial charge in [0.1, 0.15) is 0 Å². The first-order valence-corrected chi connectivity index (χ1v) is 11.6. The minimum Gasteiger partial charge on any atom is -0.478 e. The van der Waals surface area contributed by atoms with Crippen LogP contribution in [0.15, 0.2) is 66.7 Å². The molecule has 5 rings (SSSR count). The molecule has 0 saturated heterocycles. The number of carboxylic acids is 1. The van der Waals surface area contributed by atoms with Crippen LogP contribution in [-0.4, -0.2) is 16.1 Å². The van der Waals surface area contributed by atoms with Gasteiger partial charge in [0, 0.05) is 18.8 Å². The summed E-state index contributed by atoms with van der Waals surface area (Å²) in [6.45, 7) is 3.28. The van der Waals surface area contributed by atoms with Crippen LogP contribution in [0.1, 0.15) is 51.3 Å². The van der Waals surface area contributed by atoms with E-state index >= 15 is 0 Å². The number of hydrogen-bond donors (Lipinski definition) is 2. The smallest absolute Gasteiger partial charge is 0.335 e. The van der Waals surface area contributed by atoms with Crippen LogP contribution in [-0.2, 0) is 25.9 Å². The molecule has 0 saturated carbocycles. The van der Waals surface area contributed by atoms with Crippen molar-refractivity contribution in [2.45, 2.75) is 45.7 Å². The lowest BCUT2D eigenvalue weighted by atomic mass is 9.88. The molecule has 0 amide bonds. The Hall–Kier alpha value is -3.50. The average Bonchev–Trinajstić information content (AvgIpc) is 2.84. The van der Waals surface area contributed by atoms with Crippen molar-refractivity contribution in [3.63, 3.8) is 0 Å². The number of carboxylic acid groups (broad SMARTS) is 1. The van der Waals surface area contributed by atoms with Gasteiger partial charge in [0.25, 0.3) is 0 Å². The third-order valence-electron chi connectivity index (χ3n) is 6.63. The lowest BCUT2D eigenvalue weighted by molar-refractivity contribution is 0.0696. The summed E-state index contributed by atoms with van der Waals surface area (Å²) in [4.78, 5) is 16.7. The number of nitrogens with zero attached hydrogens (tertiary/aromatic N) is 1. The van der Waals surface area contributed by atoms with Gasteiger partial charge in [-0.3, -0.25) is 4.98 Å². The van der Waals surface area contributed by atoms with Gasteiger partial charge in [0.15, 0.2) is 0 Å². The van der Waals surface area contributed by atoms with Crippen LogP contribution in [0.4, 0.5) is 0 Å². The van der Waals surface area contributed by atoms with Crippen molar-refractivity contribution in [2.75, 3.05) is 0 Å². The van der Waals surface area contributed by atoms with Gasteiger partial charge >= 0.3 is 5.97 Å². The molecule has 0 fully saturated rings. The molecule has 0 atom stereocenters. The van der Waals surface area contributed by atoms with Crippen LogP contribution in [0.25, 0.3) is 21.9 Å². The average molecular weight is 437 g/mol. The first-order valence-electron chi connectivity index (χ1n) is 11.6. The Morgan fingerprint density at radius 2 is 1.79 bits per heavy atom. The van der Waals surface area contributed by atoms with E-state index in [0.29, 0.717) is 12.1 Å². The Labute approximate surface area is 194 Å². The van der Waals surface area contributed by atoms with Crippen LogP contribution in [0.3, 0.4) is 0 Å². The summed E-state index contributed by atoms with van der Waals surface area (Å²) in [5, 5.41) is 15.7. The summed E-state index contributed by atoms with van der Waals surface area (Å²) in [7, 11) is 0. The summed E-state index contributed by atoms with van der Waals surface area (Å²) in [6.07, 6.45) is 4.29. The second kappa shape index (κ2) is 9.16. The third-order valence-corrected chi connectivity index (χ3v) is 6.63. The molecule has 2 N–H and O–H groups in total. The number of nitrogens with one attached hydrogen (secondary N) is 1. The van der Waals surface area contributed by atoms with Gasteiger partial charge in [-0.1, -0.05) is 54.6 Å². The lowest BCUT2D eigenvalue weighted by Crippen LogP contribution is -2.16. The maximum Gasteiger partial charge on any atom is 0.335 e. The van der Waals surface area contributed by atoms with E-state index in [1.54, 1.807) is 0 Å². The second-order valence-electron chi connectivity index (χ2n) is 8.87. The van der Waals surface area contributed by atoms with Crippen molar-refractivity contribution < 1.29 is 9.90 Å². The van der Waals surface area contributed by atoms with Crippen molar-refractivity contribution >= 4 is 16.7 Å². The Morgan fingerprint density at radius 3 is 2.67 bits per heavy atom. The zero-order valence-corrected chi connectivity index (χ0v) is 18.9. The summed E-state index contributed by atoms with van der Waals surface area (Å²) < 4.78 is 0. The standard InChI is InChI=1S/C29H28N2O2/c1-19-13-14-21(15-26(19)29(32)33)27-16-23(31-28-12-5-4-11-25(27)28)18-30-17-22-9-6-8-20-7-2-3-10-24(20)22/h2-3,6-10,13-16,30H,4-5,11-12,17-18H2,1H3,(H,32,33). The topological polar surface area (TPSA) is 62.2 Å². The monoisotopic (exact) mass is 436 g/mol. The number of aryl methyl sites for hydroxylation is 2. The van der Waals surface area contributed by atoms with E-state index in [-0.39, 0.29) is 0 Å². The lowest BCUT2D eigenvalue weighted by Gasteiger charge is -2.21. The molecule has 1 aromatic heterocycles. The summed E-state index contributed by atoms with van der Waals surface area (Å²) in [5.41, 5.74) is 7.96. The molecule has 1 aliphatic rings. The SMILES string of the molecule is Cc1ccc(-c2cc(CNCc3cccc4ccccc34)nc3c2CCCC3)cc1C(=O)O. The highest BCUT2D eigenvalue weighted by molar-refractivity contribution is 5.91. The van der Waals surface area contributed by atoms with Crippen molar-refractivity contribution in [3.8, 4) is 11.1 Å². The number of pyridine rings is 1. The highest BCUT2D eigenvalue weighted by Crippen LogP contribution is 2.32. The molecule has 0 bridgehead atoms. The number of hydrogen-bond acceptors (Lipinski definition) is 3. The van der Waals surface area contributed by atoms with E-state index in [4.69, 9.17) is 4.98 Å². The first-order chi connectivity index (χ1) is 16.1. The molecule has 1 heterocycles. The number of rotatable bonds is 6. The Balaban J connectivity index is 1.44. The minimum atomic E-state index is -0.880. The highest BCUT2D eigenvalue weighted by Gasteiger charge is 2.19. The number of aromatic carboxylic acids is 1. The van der Waals surface area contributed by atoms with E-state index in [2.05, 4.69) is 53.8 Å². The van der Waals surface area contributed by atoms with E-state index in [0.717, 1.165) is 60.3 Å². The third kappa shape index (κ3) is 4.39. The maximum atomic E-state index is 11.7. The minimum absolute atomic E-state index is 0.365. The summed E-state index contributed by atoms with van der Waals surface area (Å²) >= 11 is 0. The van der Waals surface area contributed by atoms with Crippen molar-refractivity contribution in [1.82, 2.24) is 10.3 Å². The van der Waals surface area contributed by atoms with Crippen molar-refractivity contribution in [3.05, 3.63) is 100 Å². The zero-order chi connectivity index (χ0) is 22.8. The van der Waals surface area contributed by atoms with Crippen LogP contribution in [0, 0.1) is 6.92 Å². The first kappa shape index (κ1) is 21.4. The molecule has 0 aliphatic heterocycles. The molecule has 4 aromatic rings. The zero-order valence-electron chi connectivity index (χ0n) is 18.9. The van der Waals surface area contributed by atoms with Crippen LogP contribution in [0.2, 0.25) is 0 Å². The molecule has 166 valence electrons. The quantitative estimate of drug-likeness (QED) is 0.385. The predicted molar refractivity (Wildman–Crippen MR) is 133 cm³/mol. The molecule has 33 heavy (non-hydrogen) atoms. The van der Waals surface area contributed by atoms with Gasteiger partial charge in [-0.15, -0.1) is 0 Å². The Bertz CT molecular complexity index is 1340. The van der Waals surface area contributed by atoms with E-state index in [1.165, 1.54) is 21.9 Å². The number of benzene rings is 3. The molecule has 0 unspecified atom stereocenters. The second-order valence-corrected chi connectivity index (χ2v) is 8.87. The summed E-state index contributed by atoms with van der Waals surface area (Å²) in [6, 6.07) is 22.8. The van der Waals surface area contributed by atoms with Gasteiger partial charge in [-0.25, -0.2) is 4.79 Å². The molecular formula is C29H28N2O2. The highest BCUT2D eigenvalue weighted by atomic mass is 16.4. The molecular weight excluding hydrogens is 408 g/mol. The molecule has 1 aliphatic carbocycles. The number of aromatic nitrogens is 1. The van der Waals surface area contributed by atoms with Crippen molar-refractivity contribution in [1.29, 1.82) is 0 Å². The van der Waals surface area contributed by atoms with Gasteiger partial charge < -0.3 is 10.4 Å². The van der Waals surface area contributed by atoms with Crippen LogP contribution >= 0.6 is 0 Å². The van der Waals surface area contributed by atoms with Crippen LogP contribution in [0.5, 0.6) is 0 Å². The predicted octanol–water partition coefficient (Wildman–Crippen LogP) is 6.08. The normalized spacial score (nSPS) is 13.1. The molecule has 3 aromatic carbocycles. The number of fused-ring (bicyclic) bond motifs is 2. The van der Waals surface area contributed by atoms with Gasteiger partial charge in [0.05, 0.1) is 11.3 Å².